The van der Waals surface area contributed by atoms with Crippen LogP contribution in [-0.4, -0.2) is 43.4 Å². The SMILES string of the molecule is N=c1nc2n(c3nc[nH]c13)[C@H]1C[C@H](O2)[C@@H](CO)O1. The molecule has 2 aromatic rings. The second-order valence-corrected chi connectivity index (χ2v) is 4.42. The molecule has 3 N–H and O–H groups in total. The number of ether oxygens (including phenoxy) is 2. The van der Waals surface area contributed by atoms with Gasteiger partial charge in [0, 0.05) is 6.42 Å². The van der Waals surface area contributed by atoms with Gasteiger partial charge in [-0.15, -0.1) is 0 Å². The van der Waals surface area contributed by atoms with Gasteiger partial charge in [-0.25, -0.2) is 4.98 Å². The highest BCUT2D eigenvalue weighted by Gasteiger charge is 2.43. The monoisotopic (exact) mass is 249 g/mol. The molecule has 0 radical (unpaired) electrons. The predicted molar refractivity (Wildman–Crippen MR) is 57.8 cm³/mol. The van der Waals surface area contributed by atoms with E-state index in [1.165, 1.54) is 6.33 Å². The van der Waals surface area contributed by atoms with Gasteiger partial charge in [-0.3, -0.25) is 9.98 Å². The maximum Gasteiger partial charge on any atom is 0.302 e. The Balaban J connectivity index is 1.97. The Labute approximate surface area is 101 Å². The molecule has 8 heteroatoms. The number of nitrogens with zero attached hydrogens (tertiary/aromatic N) is 3. The van der Waals surface area contributed by atoms with Crippen molar-refractivity contribution in [2.45, 2.75) is 24.9 Å². The lowest BCUT2D eigenvalue weighted by molar-refractivity contribution is -0.0234. The fourth-order valence-corrected chi connectivity index (χ4v) is 2.56. The van der Waals surface area contributed by atoms with Gasteiger partial charge >= 0.3 is 6.01 Å². The molecule has 0 unspecified atom stereocenters. The molecule has 94 valence electrons. The van der Waals surface area contributed by atoms with Gasteiger partial charge in [0.2, 0.25) is 0 Å². The number of H-pyrrole nitrogens is 1. The smallest absolute Gasteiger partial charge is 0.302 e. The van der Waals surface area contributed by atoms with Crippen molar-refractivity contribution < 1.29 is 14.6 Å². The van der Waals surface area contributed by atoms with Crippen LogP contribution in [-0.2, 0) is 4.74 Å². The summed E-state index contributed by atoms with van der Waals surface area (Å²) in [5.41, 5.74) is 1.24. The van der Waals surface area contributed by atoms with Crippen LogP contribution in [0.5, 0.6) is 6.01 Å². The second-order valence-electron chi connectivity index (χ2n) is 4.42. The van der Waals surface area contributed by atoms with E-state index in [2.05, 4.69) is 15.0 Å². The second kappa shape index (κ2) is 3.30. The van der Waals surface area contributed by atoms with Crippen LogP contribution in [0.4, 0.5) is 0 Å². The van der Waals surface area contributed by atoms with E-state index in [4.69, 9.17) is 14.9 Å². The van der Waals surface area contributed by atoms with Crippen molar-refractivity contribution in [3.8, 4) is 6.01 Å². The minimum absolute atomic E-state index is 0.0901. The Morgan fingerprint density at radius 3 is 3.33 bits per heavy atom. The Morgan fingerprint density at radius 1 is 1.61 bits per heavy atom. The van der Waals surface area contributed by atoms with Crippen LogP contribution in [0, 0.1) is 5.41 Å². The molecule has 18 heavy (non-hydrogen) atoms. The average Bonchev–Trinajstić information content (AvgIpc) is 2.95. The number of hydrogen-bond acceptors (Lipinski definition) is 6. The molecule has 2 aliphatic heterocycles. The molecule has 0 amide bonds. The maximum absolute atomic E-state index is 9.23. The summed E-state index contributed by atoms with van der Waals surface area (Å²) in [6.07, 6.45) is 1.38. The molecule has 2 bridgehead atoms. The standard InChI is InChI=1S/C10H11N5O3/c11-8-7-9(13-3-12-7)15-6-1-4(5(2-16)17-6)18-10(15)14-8/h3-6,11,16H,1-2H2,(H,12,13)/t4-,5+,6+/m0/s1. The number of fused-ring (bicyclic) bond motifs is 6. The molecule has 0 aliphatic carbocycles. The van der Waals surface area contributed by atoms with E-state index in [9.17, 15) is 5.11 Å². The normalized spacial score (nSPS) is 29.3. The molecule has 1 saturated heterocycles. The molecule has 2 aliphatic rings. The van der Waals surface area contributed by atoms with E-state index in [0.717, 1.165) is 0 Å². The summed E-state index contributed by atoms with van der Waals surface area (Å²) in [4.78, 5) is 11.2. The van der Waals surface area contributed by atoms with E-state index in [0.29, 0.717) is 23.6 Å². The topological polar surface area (TPSA) is 109 Å². The number of aromatic amines is 1. The molecule has 2 aromatic heterocycles. The third-order valence-electron chi connectivity index (χ3n) is 3.40. The minimum atomic E-state index is -0.347. The number of aliphatic hydroxyl groups excluding tert-OH is 1. The van der Waals surface area contributed by atoms with Crippen LogP contribution in [0.2, 0.25) is 0 Å². The Hall–Kier alpha value is -1.93. The van der Waals surface area contributed by atoms with Crippen molar-refractivity contribution in [3.63, 3.8) is 0 Å². The lowest BCUT2D eigenvalue weighted by atomic mass is 10.1. The summed E-state index contributed by atoms with van der Waals surface area (Å²) in [6.45, 7) is -0.0901. The fourth-order valence-electron chi connectivity index (χ4n) is 2.56. The van der Waals surface area contributed by atoms with Crippen LogP contribution in [0.3, 0.4) is 0 Å². The third-order valence-corrected chi connectivity index (χ3v) is 3.40. The summed E-state index contributed by atoms with van der Waals surface area (Å²) >= 11 is 0. The van der Waals surface area contributed by atoms with E-state index in [1.54, 1.807) is 4.57 Å². The fraction of sp³-hybridized carbons (Fsp3) is 0.500. The number of imidazole rings is 1. The van der Waals surface area contributed by atoms with Crippen LogP contribution in [0.15, 0.2) is 6.33 Å². The molecule has 8 nitrogen and oxygen atoms in total. The summed E-state index contributed by atoms with van der Waals surface area (Å²) < 4.78 is 13.1. The molecule has 0 aromatic carbocycles. The third kappa shape index (κ3) is 1.13. The van der Waals surface area contributed by atoms with Crippen molar-refractivity contribution in [2.24, 2.45) is 0 Å². The highest BCUT2D eigenvalue weighted by molar-refractivity contribution is 5.69. The Morgan fingerprint density at radius 2 is 2.50 bits per heavy atom. The lowest BCUT2D eigenvalue weighted by Crippen LogP contribution is -2.33. The Bertz CT molecular complexity index is 678. The van der Waals surface area contributed by atoms with E-state index < -0.39 is 0 Å². The van der Waals surface area contributed by atoms with Crippen molar-refractivity contribution in [2.75, 3.05) is 6.61 Å². The van der Waals surface area contributed by atoms with Crippen molar-refractivity contribution >= 4 is 11.2 Å². The van der Waals surface area contributed by atoms with Crippen LogP contribution >= 0.6 is 0 Å². The molecule has 0 spiro atoms. The van der Waals surface area contributed by atoms with Gasteiger partial charge in [0.1, 0.15) is 24.0 Å². The van der Waals surface area contributed by atoms with Gasteiger partial charge in [-0.1, -0.05) is 0 Å². The zero-order chi connectivity index (χ0) is 12.3. The molecule has 1 fully saturated rings. The van der Waals surface area contributed by atoms with Crippen LogP contribution in [0.25, 0.3) is 11.2 Å². The van der Waals surface area contributed by atoms with E-state index in [1.807, 2.05) is 0 Å². The number of aromatic nitrogens is 4. The first-order chi connectivity index (χ1) is 8.78. The van der Waals surface area contributed by atoms with Crippen molar-refractivity contribution in [1.82, 2.24) is 19.5 Å². The summed E-state index contributed by atoms with van der Waals surface area (Å²) in [6, 6.07) is 0.330. The predicted octanol–water partition coefficient (Wildman–Crippen LogP) is -0.720. The van der Waals surface area contributed by atoms with Crippen molar-refractivity contribution in [3.05, 3.63) is 11.8 Å². The van der Waals surface area contributed by atoms with E-state index in [-0.39, 0.29) is 30.5 Å². The van der Waals surface area contributed by atoms with Gasteiger partial charge in [0.25, 0.3) is 0 Å². The van der Waals surface area contributed by atoms with E-state index >= 15 is 0 Å². The highest BCUT2D eigenvalue weighted by atomic mass is 16.6. The molecular formula is C10H11N5O3. The number of hydrogen-bond donors (Lipinski definition) is 3. The lowest BCUT2D eigenvalue weighted by Gasteiger charge is -2.23. The summed E-state index contributed by atoms with van der Waals surface area (Å²) in [7, 11) is 0. The van der Waals surface area contributed by atoms with Crippen molar-refractivity contribution in [1.29, 1.82) is 5.41 Å². The largest absolute Gasteiger partial charge is 0.458 e. The molecule has 3 atom stereocenters. The number of rotatable bonds is 1. The Kier molecular flexibility index (Phi) is 1.84. The van der Waals surface area contributed by atoms with Crippen LogP contribution < -0.4 is 10.2 Å². The van der Waals surface area contributed by atoms with Gasteiger partial charge in [-0.2, -0.15) is 4.98 Å². The summed E-state index contributed by atoms with van der Waals surface area (Å²) in [5, 5.41) is 17.0. The molecule has 0 saturated carbocycles. The zero-order valence-corrected chi connectivity index (χ0v) is 9.33. The maximum atomic E-state index is 9.23. The quantitative estimate of drug-likeness (QED) is 0.618. The number of aliphatic hydroxyl groups is 1. The molecule has 4 heterocycles. The first kappa shape index (κ1) is 10.0. The zero-order valence-electron chi connectivity index (χ0n) is 9.33. The van der Waals surface area contributed by atoms with Gasteiger partial charge < -0.3 is 19.6 Å². The molecular weight excluding hydrogens is 238 g/mol. The van der Waals surface area contributed by atoms with Gasteiger partial charge in [0.15, 0.2) is 11.1 Å². The highest BCUT2D eigenvalue weighted by Crippen LogP contribution is 2.38. The van der Waals surface area contributed by atoms with Gasteiger partial charge in [-0.05, 0) is 0 Å². The number of nitrogens with one attached hydrogen (secondary N) is 2. The molecule has 4 rings (SSSR count). The summed E-state index contributed by atoms with van der Waals surface area (Å²) in [5.74, 6) is 0. The minimum Gasteiger partial charge on any atom is -0.458 e. The first-order valence-electron chi connectivity index (χ1n) is 5.71. The first-order valence-corrected chi connectivity index (χ1v) is 5.71. The average molecular weight is 249 g/mol. The van der Waals surface area contributed by atoms with Gasteiger partial charge in [0.05, 0.1) is 12.9 Å². The van der Waals surface area contributed by atoms with Crippen LogP contribution in [0.1, 0.15) is 12.6 Å².